The molecule has 0 spiro atoms. The second-order valence-electron chi connectivity index (χ2n) is 8.63. The number of sulfone groups is 1. The number of hydrogen-bond donors (Lipinski definition) is 1. The van der Waals surface area contributed by atoms with Crippen LogP contribution < -0.4 is 4.74 Å². The number of Topliss-reactive ketones (excluding diaryl/α,β-unsaturated/α-hetero) is 2. The highest BCUT2D eigenvalue weighted by molar-refractivity contribution is 7.91. The molecule has 0 saturated carbocycles. The predicted octanol–water partition coefficient (Wildman–Crippen LogP) is 3.71. The normalized spacial score (nSPS) is 15.1. The van der Waals surface area contributed by atoms with Crippen LogP contribution in [0.3, 0.4) is 0 Å². The van der Waals surface area contributed by atoms with E-state index in [0.29, 0.717) is 35.3 Å². The standard InChI is InChI=1S/C26H30O8S/c1-4-6-22-23(10-9-20(16(2)27)26(22)30)34-11-5-12-35(31,32)19-7-8-21-17(14-19)13-18(25(21)29)15-24(28)33-3/h7-10,14,18,30H,4-6,11-13,15H2,1-3H3. The van der Waals surface area contributed by atoms with Crippen molar-refractivity contribution in [3.8, 4) is 11.5 Å². The van der Waals surface area contributed by atoms with Crippen LogP contribution in [0.15, 0.2) is 35.2 Å². The lowest BCUT2D eigenvalue weighted by atomic mass is 10.0. The Hall–Kier alpha value is -3.20. The Morgan fingerprint density at radius 3 is 2.57 bits per heavy atom. The van der Waals surface area contributed by atoms with Crippen LogP contribution in [0, 0.1) is 5.92 Å². The van der Waals surface area contributed by atoms with Gasteiger partial charge < -0.3 is 14.6 Å². The van der Waals surface area contributed by atoms with Gasteiger partial charge in [-0.15, -0.1) is 0 Å². The summed E-state index contributed by atoms with van der Waals surface area (Å²) in [6.45, 7) is 3.43. The van der Waals surface area contributed by atoms with E-state index in [0.717, 1.165) is 6.42 Å². The number of ether oxygens (including phenoxy) is 2. The van der Waals surface area contributed by atoms with Crippen LogP contribution in [0.4, 0.5) is 0 Å². The number of ketones is 2. The number of carbonyl (C=O) groups is 3. The lowest BCUT2D eigenvalue weighted by molar-refractivity contribution is -0.141. The third kappa shape index (κ3) is 5.90. The van der Waals surface area contributed by atoms with Gasteiger partial charge in [-0.05, 0) is 62.1 Å². The lowest BCUT2D eigenvalue weighted by Gasteiger charge is -2.14. The van der Waals surface area contributed by atoms with Gasteiger partial charge >= 0.3 is 5.97 Å². The molecule has 1 atom stereocenters. The van der Waals surface area contributed by atoms with E-state index in [2.05, 4.69) is 4.74 Å². The highest BCUT2D eigenvalue weighted by Gasteiger charge is 2.33. The van der Waals surface area contributed by atoms with Crippen molar-refractivity contribution < 1.29 is 37.4 Å². The summed E-state index contributed by atoms with van der Waals surface area (Å²) in [7, 11) is -2.36. The Labute approximate surface area is 205 Å². The number of esters is 1. The summed E-state index contributed by atoms with van der Waals surface area (Å²) in [6.07, 6.45) is 1.73. The first kappa shape index (κ1) is 26.4. The molecule has 35 heavy (non-hydrogen) atoms. The number of rotatable bonds is 11. The SMILES string of the molecule is CCCc1c(OCCCS(=O)(=O)c2ccc3c(c2)CC(CC(=O)OC)C3=O)ccc(C(C)=O)c1O. The maximum Gasteiger partial charge on any atom is 0.306 e. The van der Waals surface area contributed by atoms with Gasteiger partial charge in [0.15, 0.2) is 21.4 Å². The Morgan fingerprint density at radius 2 is 1.91 bits per heavy atom. The number of carbonyl (C=O) groups excluding carboxylic acids is 3. The number of phenolic OH excluding ortho intramolecular Hbond substituents is 1. The van der Waals surface area contributed by atoms with E-state index in [1.165, 1.54) is 38.3 Å². The van der Waals surface area contributed by atoms with Crippen molar-refractivity contribution in [2.75, 3.05) is 19.5 Å². The van der Waals surface area contributed by atoms with Gasteiger partial charge in [0.05, 0.1) is 36.3 Å². The summed E-state index contributed by atoms with van der Waals surface area (Å²) in [6, 6.07) is 7.57. The second-order valence-corrected chi connectivity index (χ2v) is 10.7. The molecule has 188 valence electrons. The van der Waals surface area contributed by atoms with E-state index in [1.807, 2.05) is 6.92 Å². The van der Waals surface area contributed by atoms with Gasteiger partial charge in [0.25, 0.3) is 0 Å². The molecule has 3 rings (SSSR count). The molecular weight excluding hydrogens is 472 g/mol. The quantitative estimate of drug-likeness (QED) is 0.280. The van der Waals surface area contributed by atoms with Crippen LogP contribution in [-0.4, -0.2) is 50.5 Å². The minimum absolute atomic E-state index is 0.0353. The first-order valence-electron chi connectivity index (χ1n) is 11.5. The van der Waals surface area contributed by atoms with Crippen LogP contribution in [0.2, 0.25) is 0 Å². The maximum atomic E-state index is 12.9. The van der Waals surface area contributed by atoms with Crippen LogP contribution >= 0.6 is 0 Å². The largest absolute Gasteiger partial charge is 0.507 e. The molecule has 9 heteroatoms. The Morgan fingerprint density at radius 1 is 1.17 bits per heavy atom. The number of phenols is 1. The van der Waals surface area contributed by atoms with Crippen LogP contribution in [0.5, 0.6) is 11.5 Å². The van der Waals surface area contributed by atoms with E-state index in [9.17, 15) is 27.9 Å². The summed E-state index contributed by atoms with van der Waals surface area (Å²) in [5, 5.41) is 10.4. The first-order valence-corrected chi connectivity index (χ1v) is 13.2. The molecule has 0 aliphatic heterocycles. The predicted molar refractivity (Wildman–Crippen MR) is 129 cm³/mol. The summed E-state index contributed by atoms with van der Waals surface area (Å²) in [4.78, 5) is 35.9. The summed E-state index contributed by atoms with van der Waals surface area (Å²) >= 11 is 0. The molecule has 1 aliphatic carbocycles. The van der Waals surface area contributed by atoms with E-state index < -0.39 is 21.7 Å². The third-order valence-electron chi connectivity index (χ3n) is 6.11. The van der Waals surface area contributed by atoms with E-state index >= 15 is 0 Å². The van der Waals surface area contributed by atoms with Gasteiger partial charge in [0, 0.05) is 17.0 Å². The van der Waals surface area contributed by atoms with Crippen molar-refractivity contribution in [2.24, 2.45) is 5.92 Å². The monoisotopic (exact) mass is 502 g/mol. The average molecular weight is 503 g/mol. The molecule has 0 aromatic heterocycles. The molecule has 0 fully saturated rings. The maximum absolute atomic E-state index is 12.9. The highest BCUT2D eigenvalue weighted by atomic mass is 32.2. The van der Waals surface area contributed by atoms with Crippen molar-refractivity contribution >= 4 is 27.4 Å². The number of hydrogen-bond acceptors (Lipinski definition) is 8. The average Bonchev–Trinajstić information content (AvgIpc) is 3.12. The minimum Gasteiger partial charge on any atom is -0.507 e. The molecule has 1 N–H and O–H groups in total. The highest BCUT2D eigenvalue weighted by Crippen LogP contribution is 2.34. The first-order chi connectivity index (χ1) is 16.6. The smallest absolute Gasteiger partial charge is 0.306 e. The van der Waals surface area contributed by atoms with Crippen molar-refractivity contribution in [1.29, 1.82) is 0 Å². The number of benzene rings is 2. The third-order valence-corrected chi connectivity index (χ3v) is 7.91. The van der Waals surface area contributed by atoms with Crippen LogP contribution in [0.1, 0.15) is 65.0 Å². The van der Waals surface area contributed by atoms with Gasteiger partial charge in [-0.2, -0.15) is 0 Å². The van der Waals surface area contributed by atoms with Crippen molar-refractivity contribution in [3.63, 3.8) is 0 Å². The molecule has 0 amide bonds. The van der Waals surface area contributed by atoms with Gasteiger partial charge in [0.2, 0.25) is 0 Å². The van der Waals surface area contributed by atoms with Crippen LogP contribution in [0.25, 0.3) is 0 Å². The minimum atomic E-state index is -3.62. The Bertz CT molecular complexity index is 1250. The van der Waals surface area contributed by atoms with Gasteiger partial charge in [-0.25, -0.2) is 8.42 Å². The van der Waals surface area contributed by atoms with E-state index in [4.69, 9.17) is 4.74 Å². The molecule has 8 nitrogen and oxygen atoms in total. The Balaban J connectivity index is 1.65. The van der Waals surface area contributed by atoms with Crippen LogP contribution in [-0.2, 0) is 32.2 Å². The van der Waals surface area contributed by atoms with Crippen molar-refractivity contribution in [3.05, 3.63) is 52.6 Å². The second kappa shape index (κ2) is 11.0. The van der Waals surface area contributed by atoms with Gasteiger partial charge in [0.1, 0.15) is 11.5 Å². The van der Waals surface area contributed by atoms with Gasteiger partial charge in [-0.1, -0.05) is 13.3 Å². The summed E-state index contributed by atoms with van der Waals surface area (Å²) in [5.74, 6) is -1.26. The topological polar surface area (TPSA) is 124 Å². The molecule has 2 aromatic rings. The zero-order valence-electron chi connectivity index (χ0n) is 20.1. The number of methoxy groups -OCH3 is 1. The fraction of sp³-hybridized carbons (Fsp3) is 0.423. The number of fused-ring (bicyclic) bond motifs is 1. The molecular formula is C26H30O8S. The Kier molecular flexibility index (Phi) is 8.32. The fourth-order valence-corrected chi connectivity index (χ4v) is 5.61. The zero-order valence-corrected chi connectivity index (χ0v) is 20.9. The summed E-state index contributed by atoms with van der Waals surface area (Å²) in [5.41, 5.74) is 1.82. The summed E-state index contributed by atoms with van der Waals surface area (Å²) < 4.78 is 36.2. The molecule has 0 bridgehead atoms. The van der Waals surface area contributed by atoms with Gasteiger partial charge in [-0.3, -0.25) is 14.4 Å². The van der Waals surface area contributed by atoms with E-state index in [1.54, 1.807) is 6.07 Å². The molecule has 0 heterocycles. The molecule has 2 aromatic carbocycles. The van der Waals surface area contributed by atoms with Crippen molar-refractivity contribution in [1.82, 2.24) is 0 Å². The fourth-order valence-electron chi connectivity index (χ4n) is 4.28. The zero-order chi connectivity index (χ0) is 25.8. The lowest BCUT2D eigenvalue weighted by Crippen LogP contribution is -2.15. The molecule has 0 radical (unpaired) electrons. The molecule has 1 unspecified atom stereocenters. The number of aromatic hydroxyl groups is 1. The van der Waals surface area contributed by atoms with Crippen molar-refractivity contribution in [2.45, 2.75) is 50.8 Å². The molecule has 1 aliphatic rings. The molecule has 0 saturated heterocycles. The van der Waals surface area contributed by atoms with E-state index in [-0.39, 0.29) is 53.0 Å².